The molecule has 178 valence electrons. The Morgan fingerprint density at radius 1 is 0.833 bits per heavy atom. The van der Waals surface area contributed by atoms with Gasteiger partial charge in [-0.3, -0.25) is 0 Å². The van der Waals surface area contributed by atoms with Gasteiger partial charge in [-0.25, -0.2) is 9.79 Å². The summed E-state index contributed by atoms with van der Waals surface area (Å²) in [6.07, 6.45) is 1.70. The quantitative estimate of drug-likeness (QED) is 0.165. The summed E-state index contributed by atoms with van der Waals surface area (Å²) in [5, 5.41) is 0. The SMILES string of the molecule is Cc1cccc(COc2c(Br)cc(/C=C3\N=C(c4ccc(-c5ccccc5)cc4)OC3=O)cc2Br)c1. The van der Waals surface area contributed by atoms with E-state index in [2.05, 4.69) is 68.0 Å². The van der Waals surface area contributed by atoms with Gasteiger partial charge < -0.3 is 9.47 Å². The van der Waals surface area contributed by atoms with E-state index in [-0.39, 0.29) is 5.70 Å². The Kier molecular flexibility index (Phi) is 7.16. The molecule has 4 nitrogen and oxygen atoms in total. The molecule has 6 heteroatoms. The van der Waals surface area contributed by atoms with Gasteiger partial charge in [0.05, 0.1) is 8.95 Å². The molecule has 0 fully saturated rings. The topological polar surface area (TPSA) is 47.9 Å². The number of cyclic esters (lactones) is 1. The average molecular weight is 603 g/mol. The summed E-state index contributed by atoms with van der Waals surface area (Å²) in [5.74, 6) is 0.501. The van der Waals surface area contributed by atoms with Gasteiger partial charge in [0.2, 0.25) is 5.90 Å². The highest BCUT2D eigenvalue weighted by Crippen LogP contribution is 2.36. The number of aliphatic imine (C=N–C) groups is 1. The Morgan fingerprint density at radius 2 is 1.50 bits per heavy atom. The number of carbonyl (C=O) groups excluding carboxylic acids is 1. The monoisotopic (exact) mass is 601 g/mol. The second-order valence-electron chi connectivity index (χ2n) is 8.37. The number of benzene rings is 4. The molecule has 0 radical (unpaired) electrons. The second kappa shape index (κ2) is 10.6. The molecule has 0 saturated carbocycles. The maximum atomic E-state index is 12.5. The van der Waals surface area contributed by atoms with Crippen LogP contribution in [0.25, 0.3) is 17.2 Å². The van der Waals surface area contributed by atoms with E-state index in [1.807, 2.05) is 66.7 Å². The van der Waals surface area contributed by atoms with Crippen LogP contribution in [-0.4, -0.2) is 11.9 Å². The van der Waals surface area contributed by atoms with E-state index < -0.39 is 5.97 Å². The lowest BCUT2D eigenvalue weighted by atomic mass is 10.0. The summed E-state index contributed by atoms with van der Waals surface area (Å²) < 4.78 is 13.0. The Hall–Kier alpha value is -3.48. The largest absolute Gasteiger partial charge is 0.487 e. The van der Waals surface area contributed by atoms with Crippen molar-refractivity contribution in [3.8, 4) is 16.9 Å². The minimum atomic E-state index is -0.482. The van der Waals surface area contributed by atoms with Crippen molar-refractivity contribution in [3.63, 3.8) is 0 Å². The summed E-state index contributed by atoms with van der Waals surface area (Å²) in [7, 11) is 0. The first-order valence-corrected chi connectivity index (χ1v) is 12.9. The molecule has 0 atom stereocenters. The van der Waals surface area contributed by atoms with Crippen LogP contribution in [0.5, 0.6) is 5.75 Å². The highest BCUT2D eigenvalue weighted by molar-refractivity contribution is 9.11. The van der Waals surface area contributed by atoms with E-state index >= 15 is 0 Å². The molecular formula is C30H21Br2NO3. The van der Waals surface area contributed by atoms with Crippen LogP contribution in [0.1, 0.15) is 22.3 Å². The first-order chi connectivity index (χ1) is 17.5. The van der Waals surface area contributed by atoms with Crippen LogP contribution in [0.15, 0.2) is 111 Å². The molecule has 1 aliphatic rings. The van der Waals surface area contributed by atoms with Crippen LogP contribution < -0.4 is 4.74 Å². The second-order valence-corrected chi connectivity index (χ2v) is 10.1. The minimum Gasteiger partial charge on any atom is -0.487 e. The third-order valence-electron chi connectivity index (χ3n) is 5.65. The molecule has 0 N–H and O–H groups in total. The smallest absolute Gasteiger partial charge is 0.363 e. The predicted molar refractivity (Wildman–Crippen MR) is 150 cm³/mol. The van der Waals surface area contributed by atoms with Crippen molar-refractivity contribution in [2.45, 2.75) is 13.5 Å². The van der Waals surface area contributed by atoms with Gasteiger partial charge in [0, 0.05) is 5.56 Å². The summed E-state index contributed by atoms with van der Waals surface area (Å²) in [5.41, 5.74) is 6.25. The van der Waals surface area contributed by atoms with Crippen LogP contribution in [-0.2, 0) is 16.1 Å². The Balaban J connectivity index is 1.34. The van der Waals surface area contributed by atoms with Crippen LogP contribution in [0.3, 0.4) is 0 Å². The first kappa shape index (κ1) is 24.2. The van der Waals surface area contributed by atoms with Gasteiger partial charge >= 0.3 is 5.97 Å². The van der Waals surface area contributed by atoms with Crippen molar-refractivity contribution in [2.24, 2.45) is 4.99 Å². The van der Waals surface area contributed by atoms with Crippen molar-refractivity contribution in [1.82, 2.24) is 0 Å². The van der Waals surface area contributed by atoms with Crippen molar-refractivity contribution >= 4 is 49.8 Å². The number of esters is 1. The summed E-state index contributed by atoms with van der Waals surface area (Å²) in [4.78, 5) is 17.0. The van der Waals surface area contributed by atoms with Gasteiger partial charge in [-0.15, -0.1) is 0 Å². The zero-order chi connectivity index (χ0) is 25.1. The fourth-order valence-electron chi connectivity index (χ4n) is 3.88. The van der Waals surface area contributed by atoms with E-state index in [9.17, 15) is 4.79 Å². The van der Waals surface area contributed by atoms with Crippen LogP contribution in [0.4, 0.5) is 0 Å². The summed E-state index contributed by atoms with van der Waals surface area (Å²) in [6.45, 7) is 2.50. The van der Waals surface area contributed by atoms with Gasteiger partial charge in [-0.1, -0.05) is 72.3 Å². The number of hydrogen-bond donors (Lipinski definition) is 0. The van der Waals surface area contributed by atoms with Crippen LogP contribution in [0, 0.1) is 6.92 Å². The van der Waals surface area contributed by atoms with Crippen LogP contribution in [0.2, 0.25) is 0 Å². The molecule has 36 heavy (non-hydrogen) atoms. The number of hydrogen-bond acceptors (Lipinski definition) is 4. The van der Waals surface area contributed by atoms with E-state index in [1.165, 1.54) is 5.56 Å². The number of rotatable bonds is 6. The van der Waals surface area contributed by atoms with Crippen LogP contribution >= 0.6 is 31.9 Å². The molecule has 0 aliphatic carbocycles. The molecule has 4 aromatic carbocycles. The Morgan fingerprint density at radius 3 is 2.19 bits per heavy atom. The minimum absolute atomic E-state index is 0.240. The van der Waals surface area contributed by atoms with E-state index in [4.69, 9.17) is 9.47 Å². The average Bonchev–Trinajstić information content (AvgIpc) is 3.24. The maximum Gasteiger partial charge on any atom is 0.363 e. The highest BCUT2D eigenvalue weighted by Gasteiger charge is 2.24. The fraction of sp³-hybridized carbons (Fsp3) is 0.0667. The fourth-order valence-corrected chi connectivity index (χ4v) is 5.34. The van der Waals surface area contributed by atoms with Gasteiger partial charge in [0.25, 0.3) is 0 Å². The zero-order valence-electron chi connectivity index (χ0n) is 19.4. The third kappa shape index (κ3) is 5.50. The van der Waals surface area contributed by atoms with E-state index in [0.29, 0.717) is 18.3 Å². The normalized spacial score (nSPS) is 14.0. The standard InChI is InChI=1S/C30H21Br2NO3/c1-19-6-5-7-20(14-19)18-35-28-25(31)15-21(16-26(28)32)17-27-30(34)36-29(33-27)24-12-10-23(11-13-24)22-8-3-2-4-9-22/h2-17H,18H2,1H3/b27-17-. The lowest BCUT2D eigenvalue weighted by molar-refractivity contribution is -0.129. The van der Waals surface area contributed by atoms with Crippen molar-refractivity contribution in [1.29, 1.82) is 0 Å². The predicted octanol–water partition coefficient (Wildman–Crippen LogP) is 8.11. The van der Waals surface area contributed by atoms with E-state index in [0.717, 1.165) is 36.8 Å². The van der Waals surface area contributed by atoms with Gasteiger partial charge in [0.1, 0.15) is 12.4 Å². The zero-order valence-corrected chi connectivity index (χ0v) is 22.5. The molecule has 0 spiro atoms. The molecule has 0 aromatic heterocycles. The van der Waals surface area contributed by atoms with Crippen molar-refractivity contribution in [3.05, 3.63) is 128 Å². The molecule has 0 saturated heterocycles. The molecule has 0 unspecified atom stereocenters. The van der Waals surface area contributed by atoms with Gasteiger partial charge in [-0.2, -0.15) is 0 Å². The lowest BCUT2D eigenvalue weighted by Crippen LogP contribution is -2.05. The molecule has 0 amide bonds. The summed E-state index contributed by atoms with van der Waals surface area (Å²) >= 11 is 7.18. The molecule has 4 aromatic rings. The lowest BCUT2D eigenvalue weighted by Gasteiger charge is -2.12. The molecule has 1 heterocycles. The number of ether oxygens (including phenoxy) is 2. The maximum absolute atomic E-state index is 12.5. The summed E-state index contributed by atoms with van der Waals surface area (Å²) in [6, 6.07) is 29.9. The molecule has 1 aliphatic heterocycles. The molecule has 5 rings (SSSR count). The molecule has 0 bridgehead atoms. The van der Waals surface area contributed by atoms with Gasteiger partial charge in [-0.05, 0) is 91.4 Å². The number of halogens is 2. The van der Waals surface area contributed by atoms with Gasteiger partial charge in [0.15, 0.2) is 5.70 Å². The first-order valence-electron chi connectivity index (χ1n) is 11.3. The Labute approximate surface area is 226 Å². The number of aryl methyl sites for hydroxylation is 1. The van der Waals surface area contributed by atoms with Crippen molar-refractivity contribution < 1.29 is 14.3 Å². The third-order valence-corrected chi connectivity index (χ3v) is 6.83. The number of carbonyl (C=O) groups is 1. The Bertz CT molecular complexity index is 1470. The number of nitrogens with zero attached hydrogens (tertiary/aromatic N) is 1. The van der Waals surface area contributed by atoms with E-state index in [1.54, 1.807) is 6.08 Å². The molecular weight excluding hydrogens is 582 g/mol. The van der Waals surface area contributed by atoms with Crippen molar-refractivity contribution in [2.75, 3.05) is 0 Å². The highest BCUT2D eigenvalue weighted by atomic mass is 79.9.